The lowest BCUT2D eigenvalue weighted by Crippen LogP contribution is -1.96. The molecule has 0 fully saturated rings. The highest BCUT2D eigenvalue weighted by molar-refractivity contribution is 7.52. The summed E-state index contributed by atoms with van der Waals surface area (Å²) in [4.78, 5) is 0. The minimum Gasteiger partial charge on any atom is -0.493 e. The Labute approximate surface area is 101 Å². The fourth-order valence-electron chi connectivity index (χ4n) is 1.41. The summed E-state index contributed by atoms with van der Waals surface area (Å²) in [6.07, 6.45) is 0.195. The topological polar surface area (TPSA) is 54.0 Å². The van der Waals surface area contributed by atoms with Crippen molar-refractivity contribution in [2.45, 2.75) is 6.16 Å². The molecule has 0 aliphatic heterocycles. The van der Waals surface area contributed by atoms with Crippen molar-refractivity contribution in [3.8, 4) is 11.5 Å². The Morgan fingerprint density at radius 1 is 1.00 bits per heavy atom. The van der Waals surface area contributed by atoms with Crippen molar-refractivity contribution < 1.29 is 23.1 Å². The van der Waals surface area contributed by atoms with Gasteiger partial charge < -0.3 is 18.5 Å². The van der Waals surface area contributed by atoms with Crippen LogP contribution in [0.15, 0.2) is 18.2 Å². The standard InChI is InChI=1S/C11H17O5P/c1-13-10-6-5-9(7-11(10)14-2)8-17(12,15-3)16-4/h5-7H,8H2,1-4H3. The van der Waals surface area contributed by atoms with Gasteiger partial charge in [-0.05, 0) is 17.7 Å². The van der Waals surface area contributed by atoms with Gasteiger partial charge >= 0.3 is 7.60 Å². The zero-order valence-corrected chi connectivity index (χ0v) is 11.3. The highest BCUT2D eigenvalue weighted by Gasteiger charge is 2.22. The molecule has 1 rings (SSSR count). The van der Waals surface area contributed by atoms with Crippen LogP contribution in [-0.4, -0.2) is 28.4 Å². The van der Waals surface area contributed by atoms with E-state index in [-0.39, 0.29) is 6.16 Å². The lowest BCUT2D eigenvalue weighted by Gasteiger charge is -2.14. The molecule has 0 atom stereocenters. The molecule has 0 aliphatic rings. The fourth-order valence-corrected chi connectivity index (χ4v) is 2.46. The predicted molar refractivity (Wildman–Crippen MR) is 64.9 cm³/mol. The van der Waals surface area contributed by atoms with Gasteiger partial charge in [-0.3, -0.25) is 4.57 Å². The highest BCUT2D eigenvalue weighted by atomic mass is 31.2. The molecule has 0 bridgehead atoms. The number of methoxy groups -OCH3 is 2. The molecule has 0 saturated carbocycles. The quantitative estimate of drug-likeness (QED) is 0.736. The molecule has 1 aromatic carbocycles. The molecule has 5 nitrogen and oxygen atoms in total. The molecular formula is C11H17O5P. The van der Waals surface area contributed by atoms with Crippen LogP contribution >= 0.6 is 7.60 Å². The Bertz CT molecular complexity index is 410. The first-order chi connectivity index (χ1) is 8.08. The third-order valence-electron chi connectivity index (χ3n) is 2.38. The highest BCUT2D eigenvalue weighted by Crippen LogP contribution is 2.50. The Morgan fingerprint density at radius 3 is 2.06 bits per heavy atom. The van der Waals surface area contributed by atoms with Crippen molar-refractivity contribution in [3.05, 3.63) is 23.8 Å². The summed E-state index contributed by atoms with van der Waals surface area (Å²) in [5.74, 6) is 1.21. The van der Waals surface area contributed by atoms with Crippen LogP contribution in [0.1, 0.15) is 5.56 Å². The lowest BCUT2D eigenvalue weighted by molar-refractivity contribution is 0.274. The van der Waals surface area contributed by atoms with Crippen LogP contribution in [0.3, 0.4) is 0 Å². The summed E-state index contributed by atoms with van der Waals surface area (Å²) < 4.78 is 32.0. The summed E-state index contributed by atoms with van der Waals surface area (Å²) >= 11 is 0. The first kappa shape index (κ1) is 14.0. The maximum atomic E-state index is 12.0. The number of hydrogen-bond acceptors (Lipinski definition) is 5. The molecule has 0 saturated heterocycles. The third-order valence-corrected chi connectivity index (χ3v) is 4.25. The van der Waals surface area contributed by atoms with E-state index >= 15 is 0 Å². The first-order valence-corrected chi connectivity index (χ1v) is 6.72. The van der Waals surface area contributed by atoms with Crippen LogP contribution in [0.4, 0.5) is 0 Å². The SMILES string of the molecule is COc1ccc(CP(=O)(OC)OC)cc1OC. The average molecular weight is 260 g/mol. The molecule has 0 radical (unpaired) electrons. The van der Waals surface area contributed by atoms with Crippen molar-refractivity contribution >= 4 is 7.60 Å². The molecule has 0 aliphatic carbocycles. The maximum absolute atomic E-state index is 12.0. The summed E-state index contributed by atoms with van der Waals surface area (Å²) in [5, 5.41) is 0. The van der Waals surface area contributed by atoms with Gasteiger partial charge in [0.05, 0.1) is 20.4 Å². The molecule has 0 aromatic heterocycles. The van der Waals surface area contributed by atoms with Gasteiger partial charge in [-0.1, -0.05) is 6.07 Å². The van der Waals surface area contributed by atoms with Gasteiger partial charge in [0.15, 0.2) is 11.5 Å². The lowest BCUT2D eigenvalue weighted by atomic mass is 10.2. The maximum Gasteiger partial charge on any atom is 0.334 e. The monoisotopic (exact) mass is 260 g/mol. The average Bonchev–Trinajstić information content (AvgIpc) is 2.38. The Hall–Kier alpha value is -1.03. The van der Waals surface area contributed by atoms with Crippen molar-refractivity contribution in [2.24, 2.45) is 0 Å². The molecule has 96 valence electrons. The fraction of sp³-hybridized carbons (Fsp3) is 0.455. The number of hydrogen-bond donors (Lipinski definition) is 0. The van der Waals surface area contributed by atoms with E-state index in [1.54, 1.807) is 32.4 Å². The normalized spacial score (nSPS) is 11.3. The van der Waals surface area contributed by atoms with Crippen LogP contribution in [0, 0.1) is 0 Å². The summed E-state index contributed by atoms with van der Waals surface area (Å²) in [6.45, 7) is 0. The number of ether oxygens (including phenoxy) is 2. The zero-order valence-electron chi connectivity index (χ0n) is 10.4. The van der Waals surface area contributed by atoms with E-state index in [9.17, 15) is 4.57 Å². The Balaban J connectivity index is 2.97. The Morgan fingerprint density at radius 2 is 1.59 bits per heavy atom. The molecule has 1 aromatic rings. The third kappa shape index (κ3) is 3.46. The molecule has 0 spiro atoms. The second-order valence-electron chi connectivity index (χ2n) is 3.32. The molecule has 0 unspecified atom stereocenters. The second kappa shape index (κ2) is 6.05. The zero-order chi connectivity index (χ0) is 12.9. The van der Waals surface area contributed by atoms with Gasteiger partial charge in [-0.2, -0.15) is 0 Å². The van der Waals surface area contributed by atoms with Gasteiger partial charge in [-0.15, -0.1) is 0 Å². The molecule has 17 heavy (non-hydrogen) atoms. The summed E-state index contributed by atoms with van der Waals surface area (Å²) in [6, 6.07) is 5.30. The van der Waals surface area contributed by atoms with Crippen LogP contribution in [-0.2, 0) is 19.8 Å². The molecule has 6 heteroatoms. The van der Waals surface area contributed by atoms with E-state index < -0.39 is 7.60 Å². The van der Waals surface area contributed by atoms with Gasteiger partial charge in [0.1, 0.15) is 0 Å². The second-order valence-corrected chi connectivity index (χ2v) is 5.59. The van der Waals surface area contributed by atoms with Crippen molar-refractivity contribution in [1.82, 2.24) is 0 Å². The van der Waals surface area contributed by atoms with E-state index in [2.05, 4.69) is 0 Å². The van der Waals surface area contributed by atoms with Crippen LogP contribution in [0.25, 0.3) is 0 Å². The Kier molecular flexibility index (Phi) is 5.00. The van der Waals surface area contributed by atoms with Crippen LogP contribution in [0.5, 0.6) is 11.5 Å². The smallest absolute Gasteiger partial charge is 0.334 e. The van der Waals surface area contributed by atoms with Crippen molar-refractivity contribution in [3.63, 3.8) is 0 Å². The van der Waals surface area contributed by atoms with E-state index in [1.807, 2.05) is 0 Å². The van der Waals surface area contributed by atoms with E-state index in [0.717, 1.165) is 5.56 Å². The number of rotatable bonds is 6. The van der Waals surface area contributed by atoms with E-state index in [4.69, 9.17) is 18.5 Å². The van der Waals surface area contributed by atoms with Crippen molar-refractivity contribution in [2.75, 3.05) is 28.4 Å². The van der Waals surface area contributed by atoms with Crippen LogP contribution < -0.4 is 9.47 Å². The van der Waals surface area contributed by atoms with Gasteiger partial charge in [0, 0.05) is 14.2 Å². The predicted octanol–water partition coefficient (Wildman–Crippen LogP) is 2.69. The minimum absolute atomic E-state index is 0.195. The first-order valence-electron chi connectivity index (χ1n) is 5.00. The summed E-state index contributed by atoms with van der Waals surface area (Å²) in [5.41, 5.74) is 0.801. The van der Waals surface area contributed by atoms with Gasteiger partial charge in [0.2, 0.25) is 0 Å². The number of benzene rings is 1. The van der Waals surface area contributed by atoms with Gasteiger partial charge in [0.25, 0.3) is 0 Å². The van der Waals surface area contributed by atoms with Crippen LogP contribution in [0.2, 0.25) is 0 Å². The van der Waals surface area contributed by atoms with Gasteiger partial charge in [-0.25, -0.2) is 0 Å². The van der Waals surface area contributed by atoms with Crippen molar-refractivity contribution in [1.29, 1.82) is 0 Å². The largest absolute Gasteiger partial charge is 0.493 e. The minimum atomic E-state index is -3.05. The van der Waals surface area contributed by atoms with E-state index in [0.29, 0.717) is 11.5 Å². The summed E-state index contributed by atoms with van der Waals surface area (Å²) in [7, 11) is 2.79. The molecule has 0 N–H and O–H groups in total. The molecule has 0 amide bonds. The molecular weight excluding hydrogens is 243 g/mol. The molecule has 0 heterocycles. The van der Waals surface area contributed by atoms with E-state index in [1.165, 1.54) is 14.2 Å².